The second-order valence-electron chi connectivity index (χ2n) is 2.96. The highest BCUT2D eigenvalue weighted by Crippen LogP contribution is 2.30. The van der Waals surface area contributed by atoms with Gasteiger partial charge in [0, 0.05) is 6.54 Å². The molecule has 0 bridgehead atoms. The van der Waals surface area contributed by atoms with E-state index in [9.17, 15) is 4.79 Å². The summed E-state index contributed by atoms with van der Waals surface area (Å²) in [5.41, 5.74) is 1.00. The van der Waals surface area contributed by atoms with Crippen molar-refractivity contribution in [3.63, 3.8) is 0 Å². The third kappa shape index (κ3) is 1.37. The molecule has 68 valence electrons. The Balaban J connectivity index is 2.42. The summed E-state index contributed by atoms with van der Waals surface area (Å²) < 4.78 is 5.08. The lowest BCUT2D eigenvalue weighted by Gasteiger charge is -2.28. The number of nitrogens with zero attached hydrogens (tertiary/aromatic N) is 1. The number of hydrogen-bond donors (Lipinski definition) is 0. The average Bonchev–Trinajstić information content (AvgIpc) is 2.16. The summed E-state index contributed by atoms with van der Waals surface area (Å²) in [5.74, 6) is 0.487. The van der Waals surface area contributed by atoms with Crippen LogP contribution in [0, 0.1) is 0 Å². The first kappa shape index (κ1) is 8.10. The van der Waals surface area contributed by atoms with Gasteiger partial charge in [0.2, 0.25) is 0 Å². The number of para-hydroxylation sites is 2. The molecule has 1 aromatic carbocycles. The van der Waals surface area contributed by atoms with Gasteiger partial charge >= 0.3 is 5.97 Å². The topological polar surface area (TPSA) is 29.5 Å². The number of likely N-dealkylation sites (N-methyl/N-ethyl adjacent to an activating group) is 1. The largest absolute Gasteiger partial charge is 0.423 e. The molecule has 0 fully saturated rings. The van der Waals surface area contributed by atoms with Crippen molar-refractivity contribution in [2.45, 2.75) is 6.92 Å². The highest BCUT2D eigenvalue weighted by Gasteiger charge is 2.21. The van der Waals surface area contributed by atoms with Crippen molar-refractivity contribution in [1.82, 2.24) is 0 Å². The number of esters is 1. The predicted molar refractivity (Wildman–Crippen MR) is 50.0 cm³/mol. The zero-order chi connectivity index (χ0) is 9.26. The monoisotopic (exact) mass is 177 g/mol. The summed E-state index contributed by atoms with van der Waals surface area (Å²) in [7, 11) is 0. The van der Waals surface area contributed by atoms with E-state index >= 15 is 0 Å². The van der Waals surface area contributed by atoms with Gasteiger partial charge in [0.25, 0.3) is 0 Å². The van der Waals surface area contributed by atoms with Gasteiger partial charge in [-0.05, 0) is 19.1 Å². The van der Waals surface area contributed by atoms with Crippen LogP contribution in [-0.4, -0.2) is 19.1 Å². The normalized spacial score (nSPS) is 15.2. The van der Waals surface area contributed by atoms with Gasteiger partial charge in [-0.2, -0.15) is 0 Å². The van der Waals surface area contributed by atoms with Crippen LogP contribution >= 0.6 is 0 Å². The van der Waals surface area contributed by atoms with Crippen LogP contribution in [0.15, 0.2) is 24.3 Å². The molecule has 1 aromatic rings. The molecule has 0 atom stereocenters. The van der Waals surface area contributed by atoms with E-state index in [1.807, 2.05) is 36.1 Å². The number of hydrogen-bond acceptors (Lipinski definition) is 3. The van der Waals surface area contributed by atoms with Crippen molar-refractivity contribution in [3.05, 3.63) is 24.3 Å². The molecule has 0 radical (unpaired) electrons. The van der Waals surface area contributed by atoms with Gasteiger partial charge in [0.15, 0.2) is 5.75 Å². The summed E-state index contributed by atoms with van der Waals surface area (Å²) in [6.07, 6.45) is 0. The van der Waals surface area contributed by atoms with Crippen molar-refractivity contribution in [1.29, 1.82) is 0 Å². The molecule has 0 spiro atoms. The minimum absolute atomic E-state index is 0.180. The Morgan fingerprint density at radius 3 is 3.00 bits per heavy atom. The minimum atomic E-state index is -0.180. The Morgan fingerprint density at radius 1 is 1.46 bits per heavy atom. The van der Waals surface area contributed by atoms with Gasteiger partial charge in [-0.15, -0.1) is 0 Å². The third-order valence-electron chi connectivity index (χ3n) is 2.13. The molecule has 0 N–H and O–H groups in total. The number of carbonyl (C=O) groups excluding carboxylic acids is 1. The number of fused-ring (bicyclic) bond motifs is 1. The van der Waals surface area contributed by atoms with Crippen molar-refractivity contribution < 1.29 is 9.53 Å². The minimum Gasteiger partial charge on any atom is -0.423 e. The zero-order valence-corrected chi connectivity index (χ0v) is 7.49. The Hall–Kier alpha value is -1.51. The van der Waals surface area contributed by atoms with E-state index in [0.717, 1.165) is 12.2 Å². The van der Waals surface area contributed by atoms with E-state index in [2.05, 4.69) is 0 Å². The summed E-state index contributed by atoms with van der Waals surface area (Å²) in [6.45, 7) is 3.20. The lowest BCUT2D eigenvalue weighted by molar-refractivity contribution is -0.133. The molecular weight excluding hydrogens is 166 g/mol. The highest BCUT2D eigenvalue weighted by molar-refractivity contribution is 5.84. The van der Waals surface area contributed by atoms with Gasteiger partial charge in [0.1, 0.15) is 6.54 Å². The number of ether oxygens (including phenoxy) is 1. The summed E-state index contributed by atoms with van der Waals surface area (Å²) in [5, 5.41) is 0. The van der Waals surface area contributed by atoms with Crippen LogP contribution in [0.25, 0.3) is 0 Å². The Morgan fingerprint density at radius 2 is 2.23 bits per heavy atom. The number of anilines is 1. The lowest BCUT2D eigenvalue weighted by Crippen LogP contribution is -2.36. The molecule has 1 heterocycles. The van der Waals surface area contributed by atoms with Gasteiger partial charge in [0.05, 0.1) is 5.69 Å². The molecular formula is C10H11NO2. The first-order valence-electron chi connectivity index (χ1n) is 4.36. The van der Waals surface area contributed by atoms with Crippen LogP contribution in [0.3, 0.4) is 0 Å². The number of rotatable bonds is 1. The Bertz CT molecular complexity index is 335. The SMILES string of the molecule is CCN1CC(=O)Oc2ccccc21. The fraction of sp³-hybridized carbons (Fsp3) is 0.300. The number of benzene rings is 1. The predicted octanol–water partition coefficient (Wildman–Crippen LogP) is 1.43. The lowest BCUT2D eigenvalue weighted by atomic mass is 10.2. The highest BCUT2D eigenvalue weighted by atomic mass is 16.5. The average molecular weight is 177 g/mol. The maximum absolute atomic E-state index is 11.1. The van der Waals surface area contributed by atoms with E-state index in [0.29, 0.717) is 12.3 Å². The van der Waals surface area contributed by atoms with Crippen molar-refractivity contribution in [2.75, 3.05) is 18.0 Å². The molecule has 0 saturated heterocycles. The maximum Gasteiger partial charge on any atom is 0.331 e. The molecule has 0 amide bonds. The molecule has 0 unspecified atom stereocenters. The Kier molecular flexibility index (Phi) is 1.93. The van der Waals surface area contributed by atoms with Crippen molar-refractivity contribution in [3.8, 4) is 5.75 Å². The van der Waals surface area contributed by atoms with E-state index in [1.165, 1.54) is 0 Å². The van der Waals surface area contributed by atoms with Crippen LogP contribution < -0.4 is 9.64 Å². The van der Waals surface area contributed by atoms with Crippen LogP contribution in [0.5, 0.6) is 5.75 Å². The third-order valence-corrected chi connectivity index (χ3v) is 2.13. The molecule has 2 rings (SSSR count). The fourth-order valence-corrected chi connectivity index (χ4v) is 1.48. The van der Waals surface area contributed by atoms with Crippen LogP contribution in [-0.2, 0) is 4.79 Å². The van der Waals surface area contributed by atoms with Gasteiger partial charge in [-0.3, -0.25) is 0 Å². The Labute approximate surface area is 76.9 Å². The molecule has 1 aliphatic heterocycles. The smallest absolute Gasteiger partial charge is 0.331 e. The van der Waals surface area contributed by atoms with Crippen LogP contribution in [0.4, 0.5) is 5.69 Å². The van der Waals surface area contributed by atoms with Gasteiger partial charge in [-0.1, -0.05) is 12.1 Å². The first-order chi connectivity index (χ1) is 6.31. The number of carbonyl (C=O) groups is 1. The first-order valence-corrected chi connectivity index (χ1v) is 4.36. The molecule has 13 heavy (non-hydrogen) atoms. The van der Waals surface area contributed by atoms with E-state index < -0.39 is 0 Å². The summed E-state index contributed by atoms with van der Waals surface area (Å²) in [4.78, 5) is 13.1. The van der Waals surface area contributed by atoms with Crippen molar-refractivity contribution in [2.24, 2.45) is 0 Å². The van der Waals surface area contributed by atoms with Crippen LogP contribution in [0.1, 0.15) is 6.92 Å². The van der Waals surface area contributed by atoms with Gasteiger partial charge < -0.3 is 9.64 Å². The molecule has 0 aliphatic carbocycles. The zero-order valence-electron chi connectivity index (χ0n) is 7.49. The molecule has 3 nitrogen and oxygen atoms in total. The van der Waals surface area contributed by atoms with E-state index in [1.54, 1.807) is 0 Å². The van der Waals surface area contributed by atoms with Crippen molar-refractivity contribution >= 4 is 11.7 Å². The molecule has 0 saturated carbocycles. The van der Waals surface area contributed by atoms with Gasteiger partial charge in [-0.25, -0.2) is 4.79 Å². The standard InChI is InChI=1S/C10H11NO2/c1-2-11-7-10(12)13-9-6-4-3-5-8(9)11/h3-6H,2,7H2,1H3. The quantitative estimate of drug-likeness (QED) is 0.480. The second kappa shape index (κ2) is 3.09. The van der Waals surface area contributed by atoms with E-state index in [-0.39, 0.29) is 5.97 Å². The summed E-state index contributed by atoms with van der Waals surface area (Å²) in [6, 6.07) is 7.59. The maximum atomic E-state index is 11.1. The van der Waals surface area contributed by atoms with E-state index in [4.69, 9.17) is 4.74 Å². The van der Waals surface area contributed by atoms with Crippen LogP contribution in [0.2, 0.25) is 0 Å². The molecule has 1 aliphatic rings. The molecule has 3 heteroatoms. The summed E-state index contributed by atoms with van der Waals surface area (Å²) >= 11 is 0. The second-order valence-corrected chi connectivity index (χ2v) is 2.96. The molecule has 0 aromatic heterocycles. The fourth-order valence-electron chi connectivity index (χ4n) is 1.48.